The van der Waals surface area contributed by atoms with Crippen LogP contribution in [0.25, 0.3) is 0 Å². The molecule has 0 atom stereocenters. The van der Waals surface area contributed by atoms with Crippen LogP contribution in [0.1, 0.15) is 19.3 Å². The lowest BCUT2D eigenvalue weighted by Crippen LogP contribution is -2.25. The SMILES string of the molecule is O=C1CCCN1CCCBr. The number of likely N-dealkylation sites (tertiary alicyclic amines) is 1. The zero-order chi connectivity index (χ0) is 7.40. The molecule has 0 aromatic rings. The molecular formula is C7H12BrNO. The second kappa shape index (κ2) is 3.96. The number of alkyl halides is 1. The van der Waals surface area contributed by atoms with Gasteiger partial charge in [-0.2, -0.15) is 0 Å². The van der Waals surface area contributed by atoms with Gasteiger partial charge in [-0.15, -0.1) is 0 Å². The summed E-state index contributed by atoms with van der Waals surface area (Å²) in [7, 11) is 0. The minimum absolute atomic E-state index is 0.334. The van der Waals surface area contributed by atoms with E-state index >= 15 is 0 Å². The van der Waals surface area contributed by atoms with E-state index in [2.05, 4.69) is 15.9 Å². The van der Waals surface area contributed by atoms with Crippen molar-refractivity contribution in [3.63, 3.8) is 0 Å². The Labute approximate surface area is 69.7 Å². The molecular weight excluding hydrogens is 194 g/mol. The van der Waals surface area contributed by atoms with Gasteiger partial charge in [-0.3, -0.25) is 4.79 Å². The molecule has 0 N–H and O–H groups in total. The highest BCUT2D eigenvalue weighted by molar-refractivity contribution is 9.09. The van der Waals surface area contributed by atoms with Crippen LogP contribution in [0.3, 0.4) is 0 Å². The van der Waals surface area contributed by atoms with Crippen LogP contribution in [0.15, 0.2) is 0 Å². The summed E-state index contributed by atoms with van der Waals surface area (Å²) in [5.74, 6) is 0.334. The van der Waals surface area contributed by atoms with Crippen molar-refractivity contribution < 1.29 is 4.79 Å². The third-order valence-electron chi connectivity index (χ3n) is 1.73. The first-order valence-electron chi connectivity index (χ1n) is 3.68. The summed E-state index contributed by atoms with van der Waals surface area (Å²) in [5.41, 5.74) is 0. The highest BCUT2D eigenvalue weighted by atomic mass is 79.9. The van der Waals surface area contributed by atoms with Crippen LogP contribution in [0.2, 0.25) is 0 Å². The molecule has 10 heavy (non-hydrogen) atoms. The number of hydrogen-bond acceptors (Lipinski definition) is 1. The Morgan fingerprint density at radius 2 is 2.40 bits per heavy atom. The molecule has 1 saturated heterocycles. The summed E-state index contributed by atoms with van der Waals surface area (Å²) in [6, 6.07) is 0. The maximum Gasteiger partial charge on any atom is 0.222 e. The predicted molar refractivity (Wildman–Crippen MR) is 44.2 cm³/mol. The van der Waals surface area contributed by atoms with Crippen molar-refractivity contribution in [2.75, 3.05) is 18.4 Å². The zero-order valence-electron chi connectivity index (χ0n) is 5.98. The van der Waals surface area contributed by atoms with E-state index in [0.717, 1.165) is 37.7 Å². The molecule has 0 aromatic heterocycles. The summed E-state index contributed by atoms with van der Waals surface area (Å²) in [5, 5.41) is 0.997. The van der Waals surface area contributed by atoms with E-state index in [1.165, 1.54) is 0 Å². The van der Waals surface area contributed by atoms with Crippen molar-refractivity contribution in [3.8, 4) is 0 Å². The lowest BCUT2D eigenvalue weighted by molar-refractivity contribution is -0.127. The van der Waals surface area contributed by atoms with Gasteiger partial charge in [0.05, 0.1) is 0 Å². The molecule has 0 aliphatic carbocycles. The first-order valence-corrected chi connectivity index (χ1v) is 4.80. The molecule has 1 heterocycles. The Kier molecular flexibility index (Phi) is 3.19. The first kappa shape index (κ1) is 8.05. The topological polar surface area (TPSA) is 20.3 Å². The maximum absolute atomic E-state index is 11.0. The van der Waals surface area contributed by atoms with Gasteiger partial charge in [0.25, 0.3) is 0 Å². The summed E-state index contributed by atoms with van der Waals surface area (Å²) in [4.78, 5) is 12.9. The van der Waals surface area contributed by atoms with Gasteiger partial charge in [-0.25, -0.2) is 0 Å². The van der Waals surface area contributed by atoms with Crippen LogP contribution < -0.4 is 0 Å². The van der Waals surface area contributed by atoms with Crippen molar-refractivity contribution >= 4 is 21.8 Å². The average molecular weight is 206 g/mol. The number of rotatable bonds is 3. The molecule has 0 aromatic carbocycles. The van der Waals surface area contributed by atoms with Crippen molar-refractivity contribution in [2.45, 2.75) is 19.3 Å². The standard InChI is InChI=1S/C7H12BrNO/c8-4-2-6-9-5-1-3-7(9)10/h1-6H2. The minimum atomic E-state index is 0.334. The molecule has 58 valence electrons. The van der Waals surface area contributed by atoms with E-state index in [-0.39, 0.29) is 0 Å². The molecule has 3 heteroatoms. The predicted octanol–water partition coefficient (Wildman–Crippen LogP) is 1.39. The van der Waals surface area contributed by atoms with Gasteiger partial charge in [0.2, 0.25) is 5.91 Å². The van der Waals surface area contributed by atoms with Crippen LogP contribution in [-0.4, -0.2) is 29.2 Å². The van der Waals surface area contributed by atoms with Gasteiger partial charge in [0.1, 0.15) is 0 Å². The highest BCUT2D eigenvalue weighted by Crippen LogP contribution is 2.09. The molecule has 0 unspecified atom stereocenters. The van der Waals surface area contributed by atoms with Crippen LogP contribution in [0.5, 0.6) is 0 Å². The van der Waals surface area contributed by atoms with E-state index in [9.17, 15) is 4.79 Å². The van der Waals surface area contributed by atoms with Crippen molar-refractivity contribution in [1.82, 2.24) is 4.90 Å². The Morgan fingerprint density at radius 3 is 2.90 bits per heavy atom. The van der Waals surface area contributed by atoms with Crippen LogP contribution in [0.4, 0.5) is 0 Å². The molecule has 0 spiro atoms. The second-order valence-corrected chi connectivity index (χ2v) is 3.32. The van der Waals surface area contributed by atoms with E-state index < -0.39 is 0 Å². The molecule has 1 aliphatic rings. The number of halogens is 1. The number of hydrogen-bond donors (Lipinski definition) is 0. The zero-order valence-corrected chi connectivity index (χ0v) is 7.56. The quantitative estimate of drug-likeness (QED) is 0.639. The van der Waals surface area contributed by atoms with Gasteiger partial charge < -0.3 is 4.90 Å². The third kappa shape index (κ3) is 1.97. The largest absolute Gasteiger partial charge is 0.343 e. The monoisotopic (exact) mass is 205 g/mol. The van der Waals surface area contributed by atoms with Gasteiger partial charge in [-0.05, 0) is 12.8 Å². The van der Waals surface area contributed by atoms with Gasteiger partial charge in [0, 0.05) is 24.8 Å². The Morgan fingerprint density at radius 1 is 1.60 bits per heavy atom. The Balaban J connectivity index is 2.20. The van der Waals surface area contributed by atoms with E-state index in [0.29, 0.717) is 5.91 Å². The van der Waals surface area contributed by atoms with E-state index in [1.54, 1.807) is 0 Å². The smallest absolute Gasteiger partial charge is 0.222 e. The number of carbonyl (C=O) groups excluding carboxylic acids is 1. The number of carbonyl (C=O) groups is 1. The third-order valence-corrected chi connectivity index (χ3v) is 2.29. The van der Waals surface area contributed by atoms with Crippen LogP contribution >= 0.6 is 15.9 Å². The molecule has 0 bridgehead atoms. The van der Waals surface area contributed by atoms with Crippen LogP contribution in [-0.2, 0) is 4.79 Å². The highest BCUT2D eigenvalue weighted by Gasteiger charge is 2.18. The summed E-state index contributed by atoms with van der Waals surface area (Å²) in [6.07, 6.45) is 2.90. The van der Waals surface area contributed by atoms with Gasteiger partial charge in [0.15, 0.2) is 0 Å². The van der Waals surface area contributed by atoms with Crippen molar-refractivity contribution in [1.29, 1.82) is 0 Å². The van der Waals surface area contributed by atoms with Gasteiger partial charge >= 0.3 is 0 Å². The summed E-state index contributed by atoms with van der Waals surface area (Å²) >= 11 is 3.34. The lowest BCUT2D eigenvalue weighted by atomic mass is 10.4. The molecule has 0 saturated carbocycles. The fourth-order valence-corrected chi connectivity index (χ4v) is 1.44. The van der Waals surface area contributed by atoms with Gasteiger partial charge in [-0.1, -0.05) is 15.9 Å². The molecule has 0 radical (unpaired) electrons. The molecule has 1 fully saturated rings. The average Bonchev–Trinajstić information content (AvgIpc) is 2.31. The van der Waals surface area contributed by atoms with E-state index in [1.807, 2.05) is 4.90 Å². The fraction of sp³-hybridized carbons (Fsp3) is 0.857. The normalized spacial score (nSPS) is 18.5. The molecule has 1 amide bonds. The first-order chi connectivity index (χ1) is 4.84. The summed E-state index contributed by atoms with van der Waals surface area (Å²) < 4.78 is 0. The maximum atomic E-state index is 11.0. The summed E-state index contributed by atoms with van der Waals surface area (Å²) in [6.45, 7) is 1.91. The molecule has 1 rings (SSSR count). The number of amides is 1. The fourth-order valence-electron chi connectivity index (χ4n) is 1.19. The lowest BCUT2D eigenvalue weighted by Gasteiger charge is -2.13. The minimum Gasteiger partial charge on any atom is -0.343 e. The second-order valence-electron chi connectivity index (χ2n) is 2.53. The Bertz CT molecular complexity index is 127. The molecule has 1 aliphatic heterocycles. The molecule has 2 nitrogen and oxygen atoms in total. The van der Waals surface area contributed by atoms with Crippen LogP contribution in [0, 0.1) is 0 Å². The Hall–Kier alpha value is -0.0500. The van der Waals surface area contributed by atoms with E-state index in [4.69, 9.17) is 0 Å². The van der Waals surface area contributed by atoms with Crippen molar-refractivity contribution in [2.24, 2.45) is 0 Å². The van der Waals surface area contributed by atoms with Crippen molar-refractivity contribution in [3.05, 3.63) is 0 Å². The number of nitrogens with zero attached hydrogens (tertiary/aromatic N) is 1.